The molecule has 2 N–H and O–H groups in total. The summed E-state index contributed by atoms with van der Waals surface area (Å²) in [5.74, 6) is -1.75. The average Bonchev–Trinajstić information content (AvgIpc) is 3.24. The van der Waals surface area contributed by atoms with E-state index in [-0.39, 0.29) is 23.2 Å². The van der Waals surface area contributed by atoms with Crippen LogP contribution in [0.25, 0.3) is 5.69 Å². The fraction of sp³-hybridized carbons (Fsp3) is 0.250. The summed E-state index contributed by atoms with van der Waals surface area (Å²) in [4.78, 5) is 8.84. The van der Waals surface area contributed by atoms with Crippen LogP contribution in [0.5, 0.6) is 0 Å². The van der Waals surface area contributed by atoms with Crippen molar-refractivity contribution in [1.29, 1.82) is 0 Å². The minimum Gasteiger partial charge on any atom is -0.406 e. The summed E-state index contributed by atoms with van der Waals surface area (Å²) in [5.41, 5.74) is 8.11. The molecule has 0 aliphatic heterocycles. The average molecular weight is 591 g/mol. The summed E-state index contributed by atoms with van der Waals surface area (Å²) < 4.78 is 71.4. The van der Waals surface area contributed by atoms with Crippen LogP contribution in [0.3, 0.4) is 0 Å². The van der Waals surface area contributed by atoms with Gasteiger partial charge in [0, 0.05) is 29.6 Å². The van der Waals surface area contributed by atoms with E-state index in [1.165, 1.54) is 58.7 Å². The van der Waals surface area contributed by atoms with Crippen molar-refractivity contribution in [1.82, 2.24) is 9.58 Å². The van der Waals surface area contributed by atoms with E-state index in [4.69, 9.17) is 5.73 Å². The van der Waals surface area contributed by atoms with Crippen molar-refractivity contribution >= 4 is 23.5 Å². The highest BCUT2D eigenvalue weighted by Gasteiger charge is 2.32. The van der Waals surface area contributed by atoms with Crippen LogP contribution >= 0.6 is 11.3 Å². The van der Waals surface area contributed by atoms with Crippen LogP contribution in [0.15, 0.2) is 86.9 Å². The molecule has 1 heterocycles. The number of amidine groups is 1. The first-order chi connectivity index (χ1) is 19.4. The lowest BCUT2D eigenvalue weighted by atomic mass is 9.97. The molecular formula is C28H27F5N6OS. The number of benzene rings is 2. The van der Waals surface area contributed by atoms with Crippen molar-refractivity contribution in [2.75, 3.05) is 7.05 Å². The number of aryl methyl sites for hydroxylation is 1. The molecule has 0 fully saturated rings. The summed E-state index contributed by atoms with van der Waals surface area (Å²) >= 11 is 1.27. The van der Waals surface area contributed by atoms with Crippen LogP contribution in [0, 0.1) is 24.5 Å². The lowest BCUT2D eigenvalue weighted by molar-refractivity contribution is -0.303. The Morgan fingerprint density at radius 2 is 1.83 bits per heavy atom. The van der Waals surface area contributed by atoms with Gasteiger partial charge in [-0.05, 0) is 36.8 Å². The van der Waals surface area contributed by atoms with E-state index in [0.29, 0.717) is 22.6 Å². The first-order valence-electron chi connectivity index (χ1n) is 12.4. The fourth-order valence-electron chi connectivity index (χ4n) is 4.08. The van der Waals surface area contributed by atoms with Gasteiger partial charge in [0.15, 0.2) is 0 Å². The van der Waals surface area contributed by atoms with Gasteiger partial charge in [0.05, 0.1) is 12.6 Å². The Hall–Kier alpha value is -4.26. The number of rotatable bonds is 8. The minimum absolute atomic E-state index is 0.174. The van der Waals surface area contributed by atoms with E-state index in [1.54, 1.807) is 43.4 Å². The lowest BCUT2D eigenvalue weighted by Crippen LogP contribution is -2.22. The van der Waals surface area contributed by atoms with Gasteiger partial charge in [0.1, 0.15) is 35.3 Å². The van der Waals surface area contributed by atoms with Crippen LogP contribution in [0.1, 0.15) is 23.7 Å². The van der Waals surface area contributed by atoms with Crippen molar-refractivity contribution in [2.24, 2.45) is 26.7 Å². The van der Waals surface area contributed by atoms with Gasteiger partial charge in [-0.1, -0.05) is 43.3 Å². The van der Waals surface area contributed by atoms with Crippen LogP contribution in [0.2, 0.25) is 0 Å². The molecule has 0 saturated carbocycles. The van der Waals surface area contributed by atoms with Crippen molar-refractivity contribution in [3.05, 3.63) is 105 Å². The van der Waals surface area contributed by atoms with Crippen LogP contribution in [-0.2, 0) is 11.3 Å². The quantitative estimate of drug-likeness (QED) is 0.156. The Bertz CT molecular complexity index is 1550. The van der Waals surface area contributed by atoms with Gasteiger partial charge in [-0.15, -0.1) is 29.6 Å². The number of halogens is 5. The molecule has 216 valence electrons. The third-order valence-electron chi connectivity index (χ3n) is 6.05. The standard InChI is InChI=1S/C28H27F5N6OS/c1-17-13-21(40-28(31,32)33)11-12-24(17)35-16-36-26(34)20-9-7-19(8-10-20)14-38(3)37-27-39(18(2)15-41-27)25-22(29)5-4-6-23(25)30/h4-13,15-17,24H,14H2,1-3H3,(H2,34,35,36)/b37-27-. The second-order valence-electron chi connectivity index (χ2n) is 9.28. The number of nitrogens with zero attached hydrogens (tertiary/aromatic N) is 5. The summed E-state index contributed by atoms with van der Waals surface area (Å²) in [7, 11) is 1.76. The van der Waals surface area contributed by atoms with Crippen molar-refractivity contribution in [3.8, 4) is 5.69 Å². The monoisotopic (exact) mass is 590 g/mol. The third-order valence-corrected chi connectivity index (χ3v) is 6.98. The Morgan fingerprint density at radius 1 is 1.15 bits per heavy atom. The highest BCUT2D eigenvalue weighted by molar-refractivity contribution is 7.07. The number of thiazole rings is 1. The number of alkyl halides is 3. The molecular weight excluding hydrogens is 563 g/mol. The molecule has 1 aromatic heterocycles. The predicted molar refractivity (Wildman–Crippen MR) is 148 cm³/mol. The highest BCUT2D eigenvalue weighted by Crippen LogP contribution is 2.27. The van der Waals surface area contributed by atoms with Gasteiger partial charge >= 0.3 is 6.36 Å². The van der Waals surface area contributed by atoms with Gasteiger partial charge in [-0.2, -0.15) is 0 Å². The molecule has 0 bridgehead atoms. The summed E-state index contributed by atoms with van der Waals surface area (Å²) in [5, 5.41) is 7.99. The topological polar surface area (TPSA) is 80.5 Å². The summed E-state index contributed by atoms with van der Waals surface area (Å²) in [6.45, 7) is 3.89. The molecule has 4 rings (SSSR count). The molecule has 13 heteroatoms. The second kappa shape index (κ2) is 12.5. The molecule has 1 aliphatic carbocycles. The maximum absolute atomic E-state index is 14.4. The molecule has 7 nitrogen and oxygen atoms in total. The first kappa shape index (κ1) is 29.7. The zero-order chi connectivity index (χ0) is 29.7. The number of nitrogens with two attached hydrogens (primary N) is 1. The normalized spacial score (nSPS) is 18.2. The second-order valence-corrected chi connectivity index (χ2v) is 10.1. The van der Waals surface area contributed by atoms with E-state index in [9.17, 15) is 22.0 Å². The predicted octanol–water partition coefficient (Wildman–Crippen LogP) is 5.80. The fourth-order valence-corrected chi connectivity index (χ4v) is 4.99. The number of aromatic nitrogens is 1. The molecule has 2 unspecified atom stereocenters. The number of ether oxygens (including phenoxy) is 1. The maximum atomic E-state index is 14.4. The highest BCUT2D eigenvalue weighted by atomic mass is 32.1. The van der Waals surface area contributed by atoms with Gasteiger partial charge in [-0.25, -0.2) is 13.8 Å². The van der Waals surface area contributed by atoms with Crippen molar-refractivity contribution in [2.45, 2.75) is 32.8 Å². The molecule has 1 aliphatic rings. The SMILES string of the molecule is Cc1cs/c(=N\N(C)Cc2ccc(C(N)=NC=NC3C=CC(OC(F)(F)F)=CC3C)cc2)n1-c1c(F)cccc1F. The largest absolute Gasteiger partial charge is 0.573 e. The van der Waals surface area contributed by atoms with Crippen LogP contribution in [0.4, 0.5) is 22.0 Å². The lowest BCUT2D eigenvalue weighted by Gasteiger charge is -2.20. The number of hydrogen-bond acceptors (Lipinski definition) is 5. The Labute approximate surface area is 237 Å². The maximum Gasteiger partial charge on any atom is 0.573 e. The minimum atomic E-state index is -4.75. The Morgan fingerprint density at radius 3 is 2.46 bits per heavy atom. The number of hydrogen-bond donors (Lipinski definition) is 1. The number of para-hydroxylation sites is 1. The van der Waals surface area contributed by atoms with Crippen LogP contribution < -0.4 is 10.5 Å². The molecule has 0 amide bonds. The van der Waals surface area contributed by atoms with E-state index in [0.717, 1.165) is 5.56 Å². The smallest absolute Gasteiger partial charge is 0.406 e. The Kier molecular flexibility index (Phi) is 9.06. The van der Waals surface area contributed by atoms with Crippen molar-refractivity contribution < 1.29 is 26.7 Å². The molecule has 2 atom stereocenters. The summed E-state index contributed by atoms with van der Waals surface area (Å²) in [6, 6.07) is 10.6. The number of aliphatic imine (C=N–C) groups is 2. The zero-order valence-electron chi connectivity index (χ0n) is 22.3. The molecule has 3 aromatic rings. The Balaban J connectivity index is 1.40. The molecule has 0 radical (unpaired) electrons. The molecule has 2 aromatic carbocycles. The van der Waals surface area contributed by atoms with Gasteiger partial charge in [-0.3, -0.25) is 14.6 Å². The first-order valence-corrected chi connectivity index (χ1v) is 13.3. The van der Waals surface area contributed by atoms with Crippen LogP contribution in [-0.4, -0.2) is 41.2 Å². The third kappa shape index (κ3) is 7.69. The molecule has 0 spiro atoms. The van der Waals surface area contributed by atoms with Gasteiger partial charge < -0.3 is 10.5 Å². The molecule has 41 heavy (non-hydrogen) atoms. The van der Waals surface area contributed by atoms with E-state index in [2.05, 4.69) is 19.8 Å². The van der Waals surface area contributed by atoms with E-state index < -0.39 is 24.0 Å². The van der Waals surface area contributed by atoms with E-state index >= 15 is 0 Å². The van der Waals surface area contributed by atoms with Crippen molar-refractivity contribution in [3.63, 3.8) is 0 Å². The summed E-state index contributed by atoms with van der Waals surface area (Å²) in [6.07, 6.45) is 0.613. The number of allylic oxidation sites excluding steroid dienone is 1. The molecule has 0 saturated heterocycles. The van der Waals surface area contributed by atoms with Gasteiger partial charge in [0.2, 0.25) is 4.80 Å². The van der Waals surface area contributed by atoms with Gasteiger partial charge in [0.25, 0.3) is 0 Å². The van der Waals surface area contributed by atoms with E-state index in [1.807, 2.05) is 12.1 Å². The zero-order valence-corrected chi connectivity index (χ0v) is 23.1.